The second-order valence-electron chi connectivity index (χ2n) is 7.21. The van der Waals surface area contributed by atoms with E-state index in [9.17, 15) is 4.79 Å². The van der Waals surface area contributed by atoms with Crippen LogP contribution in [0.2, 0.25) is 0 Å². The molecule has 5 nitrogen and oxygen atoms in total. The standard InChI is InChI=1S/C20H29NO4/c1-13-9-15-7-5-6-8-16(15)21(13)19(22)12-14-10-17(23-2)20(25-4)18(11-14)24-3/h10-11,13,15-16H,5-9,12H2,1-4H3. The lowest BCUT2D eigenvalue weighted by atomic mass is 9.85. The molecule has 1 amide bonds. The second-order valence-corrected chi connectivity index (χ2v) is 7.21. The number of benzene rings is 1. The molecule has 3 rings (SSSR count). The van der Waals surface area contributed by atoms with Gasteiger partial charge in [0.15, 0.2) is 11.5 Å². The average Bonchev–Trinajstić information content (AvgIpc) is 2.96. The molecule has 1 aromatic carbocycles. The number of carbonyl (C=O) groups excluding carboxylic acids is 1. The molecule has 138 valence electrons. The molecule has 0 N–H and O–H groups in total. The summed E-state index contributed by atoms with van der Waals surface area (Å²) in [6.45, 7) is 2.19. The van der Waals surface area contributed by atoms with Gasteiger partial charge >= 0.3 is 0 Å². The van der Waals surface area contributed by atoms with Crippen molar-refractivity contribution in [2.75, 3.05) is 21.3 Å². The van der Waals surface area contributed by atoms with Gasteiger partial charge in [-0.1, -0.05) is 12.8 Å². The molecular formula is C20H29NO4. The molecule has 1 aromatic rings. The smallest absolute Gasteiger partial charge is 0.227 e. The Balaban J connectivity index is 1.80. The fourth-order valence-electron chi connectivity index (χ4n) is 4.64. The zero-order valence-corrected chi connectivity index (χ0v) is 15.7. The van der Waals surface area contributed by atoms with Crippen LogP contribution in [0, 0.1) is 5.92 Å². The molecule has 0 spiro atoms. The molecule has 0 aromatic heterocycles. The number of nitrogens with zero attached hydrogens (tertiary/aromatic N) is 1. The first kappa shape index (κ1) is 17.9. The maximum absolute atomic E-state index is 13.0. The number of ether oxygens (including phenoxy) is 3. The molecule has 2 fully saturated rings. The van der Waals surface area contributed by atoms with Crippen LogP contribution in [0.4, 0.5) is 0 Å². The van der Waals surface area contributed by atoms with Crippen molar-refractivity contribution >= 4 is 5.91 Å². The van der Waals surface area contributed by atoms with Crippen molar-refractivity contribution < 1.29 is 19.0 Å². The van der Waals surface area contributed by atoms with Crippen LogP contribution in [0.15, 0.2) is 12.1 Å². The summed E-state index contributed by atoms with van der Waals surface area (Å²) in [4.78, 5) is 15.2. The maximum Gasteiger partial charge on any atom is 0.227 e. The number of carbonyl (C=O) groups is 1. The highest BCUT2D eigenvalue weighted by molar-refractivity contribution is 5.80. The van der Waals surface area contributed by atoms with Crippen LogP contribution in [-0.2, 0) is 11.2 Å². The van der Waals surface area contributed by atoms with Gasteiger partial charge in [-0.25, -0.2) is 0 Å². The first-order valence-electron chi connectivity index (χ1n) is 9.19. The monoisotopic (exact) mass is 347 g/mol. The Morgan fingerprint density at radius 2 is 1.72 bits per heavy atom. The van der Waals surface area contributed by atoms with Gasteiger partial charge in [0.2, 0.25) is 11.7 Å². The van der Waals surface area contributed by atoms with Gasteiger partial charge < -0.3 is 19.1 Å². The molecule has 5 heteroatoms. The molecule has 3 unspecified atom stereocenters. The van der Waals surface area contributed by atoms with Gasteiger partial charge in [0.1, 0.15) is 0 Å². The third kappa shape index (κ3) is 3.42. The molecule has 2 aliphatic rings. The van der Waals surface area contributed by atoms with Gasteiger partial charge in [0, 0.05) is 12.1 Å². The van der Waals surface area contributed by atoms with Crippen molar-refractivity contribution in [1.29, 1.82) is 0 Å². The minimum Gasteiger partial charge on any atom is -0.493 e. The third-order valence-electron chi connectivity index (χ3n) is 5.71. The molecule has 1 aliphatic carbocycles. The Morgan fingerprint density at radius 3 is 2.32 bits per heavy atom. The molecule has 0 radical (unpaired) electrons. The van der Waals surface area contributed by atoms with Gasteiger partial charge in [0.25, 0.3) is 0 Å². The van der Waals surface area contributed by atoms with Crippen molar-refractivity contribution in [3.8, 4) is 17.2 Å². The summed E-state index contributed by atoms with van der Waals surface area (Å²) in [5, 5.41) is 0. The van der Waals surface area contributed by atoms with Gasteiger partial charge in [-0.3, -0.25) is 4.79 Å². The van der Waals surface area contributed by atoms with Crippen LogP contribution >= 0.6 is 0 Å². The molecule has 1 saturated carbocycles. The van der Waals surface area contributed by atoms with Gasteiger partial charge in [-0.2, -0.15) is 0 Å². The first-order valence-corrected chi connectivity index (χ1v) is 9.19. The lowest BCUT2D eigenvalue weighted by Gasteiger charge is -2.33. The fourth-order valence-corrected chi connectivity index (χ4v) is 4.64. The Bertz CT molecular complexity index is 605. The first-order chi connectivity index (χ1) is 12.1. The van der Waals surface area contributed by atoms with E-state index in [1.165, 1.54) is 19.3 Å². The van der Waals surface area contributed by atoms with Crippen molar-refractivity contribution in [3.63, 3.8) is 0 Å². The highest BCUT2D eigenvalue weighted by Crippen LogP contribution is 2.41. The summed E-state index contributed by atoms with van der Waals surface area (Å²) in [5.41, 5.74) is 0.894. The maximum atomic E-state index is 13.0. The van der Waals surface area contributed by atoms with E-state index >= 15 is 0 Å². The summed E-state index contributed by atoms with van der Waals surface area (Å²) in [6, 6.07) is 4.51. The van der Waals surface area contributed by atoms with Crippen LogP contribution in [0.1, 0.15) is 44.6 Å². The summed E-state index contributed by atoms with van der Waals surface area (Å²) < 4.78 is 16.2. The van der Waals surface area contributed by atoms with Gasteiger partial charge in [-0.15, -0.1) is 0 Å². The summed E-state index contributed by atoms with van der Waals surface area (Å²) in [6.07, 6.45) is 6.47. The number of fused-ring (bicyclic) bond motifs is 1. The minimum absolute atomic E-state index is 0.205. The number of methoxy groups -OCH3 is 3. The topological polar surface area (TPSA) is 48.0 Å². The van der Waals surface area contributed by atoms with E-state index in [0.29, 0.717) is 41.7 Å². The number of rotatable bonds is 5. The highest BCUT2D eigenvalue weighted by Gasteiger charge is 2.42. The molecule has 25 heavy (non-hydrogen) atoms. The molecule has 1 heterocycles. The lowest BCUT2D eigenvalue weighted by Crippen LogP contribution is -2.43. The van der Waals surface area contributed by atoms with Crippen LogP contribution in [0.3, 0.4) is 0 Å². The molecule has 1 aliphatic heterocycles. The Labute approximate surface area is 150 Å². The largest absolute Gasteiger partial charge is 0.493 e. The van der Waals surface area contributed by atoms with E-state index in [1.807, 2.05) is 12.1 Å². The number of amides is 1. The van der Waals surface area contributed by atoms with Gasteiger partial charge in [0.05, 0.1) is 27.8 Å². The van der Waals surface area contributed by atoms with Crippen LogP contribution in [0.5, 0.6) is 17.2 Å². The Kier molecular flexibility index (Phi) is 5.40. The normalized spacial score (nSPS) is 25.4. The van der Waals surface area contributed by atoms with E-state index in [2.05, 4.69) is 11.8 Å². The van der Waals surface area contributed by atoms with Crippen LogP contribution in [-0.4, -0.2) is 44.2 Å². The van der Waals surface area contributed by atoms with E-state index in [0.717, 1.165) is 18.4 Å². The average molecular weight is 347 g/mol. The van der Waals surface area contributed by atoms with Crippen LogP contribution < -0.4 is 14.2 Å². The van der Waals surface area contributed by atoms with E-state index in [4.69, 9.17) is 14.2 Å². The molecule has 0 bridgehead atoms. The van der Waals surface area contributed by atoms with E-state index in [-0.39, 0.29) is 5.91 Å². The summed E-state index contributed by atoms with van der Waals surface area (Å²) in [7, 11) is 4.77. The zero-order chi connectivity index (χ0) is 18.0. The third-order valence-corrected chi connectivity index (χ3v) is 5.71. The predicted octanol–water partition coefficient (Wildman–Crippen LogP) is 3.43. The number of likely N-dealkylation sites (tertiary alicyclic amines) is 1. The number of hydrogen-bond acceptors (Lipinski definition) is 4. The minimum atomic E-state index is 0.205. The second kappa shape index (κ2) is 7.54. The van der Waals surface area contributed by atoms with E-state index < -0.39 is 0 Å². The van der Waals surface area contributed by atoms with E-state index in [1.54, 1.807) is 21.3 Å². The highest BCUT2D eigenvalue weighted by atomic mass is 16.5. The molecule has 1 saturated heterocycles. The zero-order valence-electron chi connectivity index (χ0n) is 15.7. The fraction of sp³-hybridized carbons (Fsp3) is 0.650. The van der Waals surface area contributed by atoms with Gasteiger partial charge in [-0.05, 0) is 49.8 Å². The Morgan fingerprint density at radius 1 is 1.08 bits per heavy atom. The van der Waals surface area contributed by atoms with Crippen molar-refractivity contribution in [3.05, 3.63) is 17.7 Å². The van der Waals surface area contributed by atoms with Crippen molar-refractivity contribution in [1.82, 2.24) is 4.90 Å². The SMILES string of the molecule is COc1cc(CC(=O)N2C(C)CC3CCCCC32)cc(OC)c1OC. The quantitative estimate of drug-likeness (QED) is 0.819. The lowest BCUT2D eigenvalue weighted by molar-refractivity contribution is -0.133. The molecular weight excluding hydrogens is 318 g/mol. The van der Waals surface area contributed by atoms with Crippen LogP contribution in [0.25, 0.3) is 0 Å². The Hall–Kier alpha value is -1.91. The predicted molar refractivity (Wildman–Crippen MR) is 96.5 cm³/mol. The van der Waals surface area contributed by atoms with Crippen molar-refractivity contribution in [2.24, 2.45) is 5.92 Å². The number of hydrogen-bond donors (Lipinski definition) is 0. The van der Waals surface area contributed by atoms with Crippen molar-refractivity contribution in [2.45, 2.75) is 57.5 Å². The summed E-state index contributed by atoms with van der Waals surface area (Å²) >= 11 is 0. The molecule has 3 atom stereocenters. The summed E-state index contributed by atoms with van der Waals surface area (Å²) in [5.74, 6) is 2.64.